The Balaban J connectivity index is 0.00000288. The summed E-state index contributed by atoms with van der Waals surface area (Å²) >= 11 is 0. The Hall–Kier alpha value is -2.14. The second-order valence-corrected chi connectivity index (χ2v) is 5.55. The minimum atomic E-state index is -0.910. The number of hydrogen-bond acceptors (Lipinski definition) is 2. The van der Waals surface area contributed by atoms with Crippen LogP contribution in [0.3, 0.4) is 0 Å². The van der Waals surface area contributed by atoms with E-state index in [1.54, 1.807) is 20.0 Å². The molecule has 1 unspecified atom stereocenters. The molecule has 0 aliphatic carbocycles. The highest BCUT2D eigenvalue weighted by Gasteiger charge is 2.18. The van der Waals surface area contributed by atoms with Gasteiger partial charge in [0, 0.05) is 19.2 Å². The summed E-state index contributed by atoms with van der Waals surface area (Å²) in [5, 5.41) is 0. The Morgan fingerprint density at radius 1 is 1.17 bits per heavy atom. The van der Waals surface area contributed by atoms with Crippen LogP contribution in [-0.2, 0) is 11.2 Å². The van der Waals surface area contributed by atoms with Crippen molar-refractivity contribution in [2.45, 2.75) is 25.8 Å². The molecular formula is C18H21ClF2N2O. The van der Waals surface area contributed by atoms with Gasteiger partial charge in [0.2, 0.25) is 5.91 Å². The fourth-order valence-corrected chi connectivity index (χ4v) is 2.39. The van der Waals surface area contributed by atoms with Gasteiger partial charge in [0.25, 0.3) is 0 Å². The highest BCUT2D eigenvalue weighted by Crippen LogP contribution is 2.22. The molecule has 130 valence electrons. The van der Waals surface area contributed by atoms with Gasteiger partial charge in [-0.2, -0.15) is 0 Å². The lowest BCUT2D eigenvalue weighted by atomic mass is 10.0. The molecule has 2 aromatic rings. The number of anilines is 1. The molecule has 0 aromatic heterocycles. The first-order valence-electron chi connectivity index (χ1n) is 7.44. The smallest absolute Gasteiger partial charge is 0.223 e. The van der Waals surface area contributed by atoms with Crippen molar-refractivity contribution in [1.82, 2.24) is 4.90 Å². The van der Waals surface area contributed by atoms with Gasteiger partial charge in [0.1, 0.15) is 0 Å². The van der Waals surface area contributed by atoms with Gasteiger partial charge >= 0.3 is 0 Å². The Bertz CT molecular complexity index is 709. The van der Waals surface area contributed by atoms with Crippen LogP contribution in [0.4, 0.5) is 14.5 Å². The summed E-state index contributed by atoms with van der Waals surface area (Å²) in [5.41, 5.74) is 8.01. The fourth-order valence-electron chi connectivity index (χ4n) is 2.39. The number of hydrogen-bond donors (Lipinski definition) is 1. The van der Waals surface area contributed by atoms with Gasteiger partial charge in [-0.25, -0.2) is 8.78 Å². The van der Waals surface area contributed by atoms with E-state index in [1.165, 1.54) is 11.0 Å². The number of nitrogens with two attached hydrogens (primary N) is 1. The zero-order chi connectivity index (χ0) is 17.0. The van der Waals surface area contributed by atoms with Crippen molar-refractivity contribution in [1.29, 1.82) is 0 Å². The minimum Gasteiger partial charge on any atom is -0.399 e. The molecule has 1 atom stereocenters. The number of para-hydroxylation sites is 1. The van der Waals surface area contributed by atoms with E-state index in [0.29, 0.717) is 24.1 Å². The van der Waals surface area contributed by atoms with Crippen molar-refractivity contribution in [2.24, 2.45) is 0 Å². The number of carbonyl (C=O) groups is 1. The summed E-state index contributed by atoms with van der Waals surface area (Å²) < 4.78 is 26.3. The number of carbonyl (C=O) groups excluding carboxylic acids is 1. The Morgan fingerprint density at radius 2 is 1.83 bits per heavy atom. The minimum absolute atomic E-state index is 0. The predicted molar refractivity (Wildman–Crippen MR) is 94.0 cm³/mol. The molecule has 0 aliphatic rings. The predicted octanol–water partition coefficient (Wildman–Crippen LogP) is 4.12. The first-order valence-corrected chi connectivity index (χ1v) is 7.44. The van der Waals surface area contributed by atoms with Crippen LogP contribution in [0.25, 0.3) is 0 Å². The topological polar surface area (TPSA) is 46.3 Å². The van der Waals surface area contributed by atoms with Crippen LogP contribution in [0.5, 0.6) is 0 Å². The molecule has 2 aromatic carbocycles. The largest absolute Gasteiger partial charge is 0.399 e. The second-order valence-electron chi connectivity index (χ2n) is 5.55. The second kappa shape index (κ2) is 8.64. The molecule has 3 nitrogen and oxygen atoms in total. The summed E-state index contributed by atoms with van der Waals surface area (Å²) in [6.45, 7) is 1.78. The van der Waals surface area contributed by atoms with Gasteiger partial charge in [0.05, 0.1) is 6.04 Å². The van der Waals surface area contributed by atoms with Crippen LogP contribution in [0, 0.1) is 11.6 Å². The number of halogens is 3. The number of nitrogens with zero attached hydrogens (tertiary/aromatic N) is 1. The third-order valence-corrected chi connectivity index (χ3v) is 4.06. The molecule has 24 heavy (non-hydrogen) atoms. The van der Waals surface area contributed by atoms with Crippen LogP contribution >= 0.6 is 12.4 Å². The van der Waals surface area contributed by atoms with Crippen molar-refractivity contribution >= 4 is 24.0 Å². The van der Waals surface area contributed by atoms with E-state index in [4.69, 9.17) is 5.73 Å². The maximum atomic E-state index is 13.3. The molecule has 0 aliphatic heterocycles. The van der Waals surface area contributed by atoms with Gasteiger partial charge in [0.15, 0.2) is 11.6 Å². The standard InChI is InChI=1S/C18H20F2N2O.ClH/c1-12(14-7-9-15(19)16(20)11-14)22(2)18(23)10-8-13-5-3-4-6-17(13)21;/h3-7,9,11-12H,8,10,21H2,1-2H3;1H. The van der Waals surface area contributed by atoms with Crippen molar-refractivity contribution < 1.29 is 13.6 Å². The Morgan fingerprint density at radius 3 is 2.46 bits per heavy atom. The molecule has 0 fully saturated rings. The molecule has 6 heteroatoms. The maximum absolute atomic E-state index is 13.3. The molecular weight excluding hydrogens is 334 g/mol. The van der Waals surface area contributed by atoms with E-state index in [9.17, 15) is 13.6 Å². The van der Waals surface area contributed by atoms with Gasteiger partial charge in [-0.1, -0.05) is 24.3 Å². The van der Waals surface area contributed by atoms with Crippen molar-refractivity contribution in [3.05, 3.63) is 65.2 Å². The summed E-state index contributed by atoms with van der Waals surface area (Å²) in [7, 11) is 1.66. The van der Waals surface area contributed by atoms with E-state index in [1.807, 2.05) is 18.2 Å². The lowest BCUT2D eigenvalue weighted by Crippen LogP contribution is -2.30. The van der Waals surface area contributed by atoms with E-state index >= 15 is 0 Å². The highest BCUT2D eigenvalue weighted by atomic mass is 35.5. The summed E-state index contributed by atoms with van der Waals surface area (Å²) in [6.07, 6.45) is 0.846. The summed E-state index contributed by atoms with van der Waals surface area (Å²) in [4.78, 5) is 13.8. The van der Waals surface area contributed by atoms with Crippen LogP contribution in [0.1, 0.15) is 30.5 Å². The molecule has 0 spiro atoms. The van der Waals surface area contributed by atoms with Crippen LogP contribution in [-0.4, -0.2) is 17.9 Å². The van der Waals surface area contributed by atoms with Gasteiger partial charge < -0.3 is 10.6 Å². The lowest BCUT2D eigenvalue weighted by Gasteiger charge is -2.25. The Labute approximate surface area is 146 Å². The van der Waals surface area contributed by atoms with Crippen LogP contribution < -0.4 is 5.73 Å². The van der Waals surface area contributed by atoms with Crippen LogP contribution in [0.15, 0.2) is 42.5 Å². The van der Waals surface area contributed by atoms with Crippen molar-refractivity contribution in [2.75, 3.05) is 12.8 Å². The van der Waals surface area contributed by atoms with Gasteiger partial charge in [-0.3, -0.25) is 4.79 Å². The molecule has 1 amide bonds. The SMILES string of the molecule is CC(c1ccc(F)c(F)c1)N(C)C(=O)CCc1ccccc1N.Cl. The molecule has 0 bridgehead atoms. The molecule has 0 saturated heterocycles. The van der Waals surface area contributed by atoms with Crippen LogP contribution in [0.2, 0.25) is 0 Å². The lowest BCUT2D eigenvalue weighted by molar-refractivity contribution is -0.131. The van der Waals surface area contributed by atoms with E-state index in [-0.39, 0.29) is 24.4 Å². The number of benzene rings is 2. The average Bonchev–Trinajstić information content (AvgIpc) is 2.55. The van der Waals surface area contributed by atoms with E-state index in [0.717, 1.165) is 17.7 Å². The van der Waals surface area contributed by atoms with E-state index < -0.39 is 11.6 Å². The van der Waals surface area contributed by atoms with E-state index in [2.05, 4.69) is 0 Å². The first kappa shape index (κ1) is 19.9. The highest BCUT2D eigenvalue weighted by molar-refractivity contribution is 5.85. The van der Waals surface area contributed by atoms with Crippen molar-refractivity contribution in [3.8, 4) is 0 Å². The molecule has 2 N–H and O–H groups in total. The summed E-state index contributed by atoms with van der Waals surface area (Å²) in [5.74, 6) is -1.88. The normalized spacial score (nSPS) is 11.5. The monoisotopic (exact) mass is 354 g/mol. The van der Waals surface area contributed by atoms with Gasteiger partial charge in [-0.05, 0) is 42.7 Å². The fraction of sp³-hybridized carbons (Fsp3) is 0.278. The average molecular weight is 355 g/mol. The first-order chi connectivity index (χ1) is 10.9. The number of nitrogen functional groups attached to an aromatic ring is 1. The Kier molecular flexibility index (Phi) is 7.17. The molecule has 0 saturated carbocycles. The maximum Gasteiger partial charge on any atom is 0.223 e. The van der Waals surface area contributed by atoms with Gasteiger partial charge in [-0.15, -0.1) is 12.4 Å². The molecule has 2 rings (SSSR count). The molecule has 0 radical (unpaired) electrons. The zero-order valence-corrected chi connectivity index (χ0v) is 14.4. The third kappa shape index (κ3) is 4.68. The summed E-state index contributed by atoms with van der Waals surface area (Å²) in [6, 6.07) is 10.8. The van der Waals surface area contributed by atoms with Crippen molar-refractivity contribution in [3.63, 3.8) is 0 Å². The number of amides is 1. The quantitative estimate of drug-likeness (QED) is 0.821. The number of rotatable bonds is 5. The number of aryl methyl sites for hydroxylation is 1. The zero-order valence-electron chi connectivity index (χ0n) is 13.6. The molecule has 0 heterocycles. The third-order valence-electron chi connectivity index (χ3n) is 4.06.